The van der Waals surface area contributed by atoms with Crippen molar-refractivity contribution in [3.8, 4) is 5.75 Å². The summed E-state index contributed by atoms with van der Waals surface area (Å²) in [5, 5.41) is 23.5. The third kappa shape index (κ3) is 5.81. The Kier molecular flexibility index (Phi) is 8.08. The van der Waals surface area contributed by atoms with Crippen molar-refractivity contribution in [2.45, 2.75) is 50.5 Å². The van der Waals surface area contributed by atoms with Crippen molar-refractivity contribution < 1.29 is 38.1 Å². The van der Waals surface area contributed by atoms with E-state index in [9.17, 15) is 24.4 Å². The van der Waals surface area contributed by atoms with Gasteiger partial charge in [-0.2, -0.15) is 10.1 Å². The van der Waals surface area contributed by atoms with Crippen LogP contribution in [0.15, 0.2) is 47.4 Å². The number of hydrogen-bond acceptors (Lipinski definition) is 11. The number of para-hydroxylation sites is 1. The molecule has 13 nitrogen and oxygen atoms in total. The SMILES string of the molecule is COC(=O)C(C)NP(=O)(Oc1ccccc1)OC(C)[C@H]1O[C@@H](n2ccc(N)nc2=O)C(O)C1O. The highest BCUT2D eigenvalue weighted by Gasteiger charge is 2.49. The highest BCUT2D eigenvalue weighted by molar-refractivity contribution is 7.52. The number of carbonyl (C=O) groups excluding carboxylic acids is 1. The first-order chi connectivity index (χ1) is 16.0. The average Bonchev–Trinajstić information content (AvgIpc) is 3.08. The van der Waals surface area contributed by atoms with Gasteiger partial charge in [-0.15, -0.1) is 0 Å². The van der Waals surface area contributed by atoms with E-state index in [1.165, 1.54) is 45.4 Å². The molecular formula is C20H27N4O9P. The molecule has 5 unspecified atom stereocenters. The lowest BCUT2D eigenvalue weighted by atomic mass is 10.1. The van der Waals surface area contributed by atoms with Crippen LogP contribution in [0.1, 0.15) is 20.1 Å². The molecule has 0 bridgehead atoms. The summed E-state index contributed by atoms with van der Waals surface area (Å²) in [4.78, 5) is 27.6. The number of aliphatic hydroxyl groups excluding tert-OH is 2. The summed E-state index contributed by atoms with van der Waals surface area (Å²) in [6.45, 7) is 2.83. The van der Waals surface area contributed by atoms with Gasteiger partial charge in [-0.3, -0.25) is 13.9 Å². The van der Waals surface area contributed by atoms with Crippen LogP contribution < -0.4 is 21.0 Å². The van der Waals surface area contributed by atoms with Crippen LogP contribution >= 0.6 is 7.75 Å². The van der Waals surface area contributed by atoms with Gasteiger partial charge in [-0.05, 0) is 32.0 Å². The number of nitrogens with zero attached hydrogens (tertiary/aromatic N) is 2. The first kappa shape index (κ1) is 25.8. The lowest BCUT2D eigenvalue weighted by Crippen LogP contribution is -2.41. The predicted octanol–water partition coefficient (Wildman–Crippen LogP) is 0.188. The molecule has 186 valence electrons. The molecule has 5 N–H and O–H groups in total. The molecule has 1 aliphatic rings. The van der Waals surface area contributed by atoms with Crippen molar-refractivity contribution in [3.63, 3.8) is 0 Å². The van der Waals surface area contributed by atoms with E-state index in [0.29, 0.717) is 0 Å². The first-order valence-electron chi connectivity index (χ1n) is 10.3. The summed E-state index contributed by atoms with van der Waals surface area (Å²) in [5.41, 5.74) is 4.69. The number of nitrogens with two attached hydrogens (primary N) is 1. The molecular weight excluding hydrogens is 471 g/mol. The second-order valence-corrected chi connectivity index (χ2v) is 9.25. The molecule has 3 rings (SSSR count). The largest absolute Gasteiger partial charge is 0.468 e. The number of aromatic nitrogens is 2. The number of carbonyl (C=O) groups is 1. The smallest absolute Gasteiger partial charge is 0.459 e. The fourth-order valence-corrected chi connectivity index (χ4v) is 5.06. The van der Waals surface area contributed by atoms with Gasteiger partial charge in [-0.1, -0.05) is 18.2 Å². The minimum atomic E-state index is -4.25. The van der Waals surface area contributed by atoms with E-state index >= 15 is 0 Å². The van der Waals surface area contributed by atoms with Crippen LogP contribution in [0.4, 0.5) is 5.82 Å². The molecule has 7 atom stereocenters. The fourth-order valence-electron chi connectivity index (χ4n) is 3.37. The van der Waals surface area contributed by atoms with E-state index in [1.54, 1.807) is 18.2 Å². The first-order valence-corrected chi connectivity index (χ1v) is 11.8. The van der Waals surface area contributed by atoms with Gasteiger partial charge in [0.1, 0.15) is 35.9 Å². The third-order valence-electron chi connectivity index (χ3n) is 5.04. The van der Waals surface area contributed by atoms with Crippen LogP contribution in [0.5, 0.6) is 5.75 Å². The Labute approximate surface area is 195 Å². The number of nitrogen functional groups attached to an aromatic ring is 1. The van der Waals surface area contributed by atoms with E-state index in [4.69, 9.17) is 19.5 Å². The Bertz CT molecular complexity index is 1100. The highest BCUT2D eigenvalue weighted by Crippen LogP contribution is 2.47. The molecule has 1 aliphatic heterocycles. The summed E-state index contributed by atoms with van der Waals surface area (Å²) in [6.07, 6.45) is -5.46. The highest BCUT2D eigenvalue weighted by atomic mass is 31.2. The van der Waals surface area contributed by atoms with Crippen LogP contribution in [-0.4, -0.2) is 63.3 Å². The topological polar surface area (TPSA) is 184 Å². The number of benzene rings is 1. The molecule has 0 aliphatic carbocycles. The predicted molar refractivity (Wildman–Crippen MR) is 119 cm³/mol. The van der Waals surface area contributed by atoms with Crippen molar-refractivity contribution >= 4 is 19.5 Å². The molecule has 2 aromatic rings. The van der Waals surface area contributed by atoms with Crippen molar-refractivity contribution in [3.05, 3.63) is 53.1 Å². The van der Waals surface area contributed by atoms with Gasteiger partial charge in [0, 0.05) is 6.20 Å². The van der Waals surface area contributed by atoms with E-state index in [-0.39, 0.29) is 11.6 Å². The number of methoxy groups -OCH3 is 1. The van der Waals surface area contributed by atoms with Crippen molar-refractivity contribution in [2.75, 3.05) is 12.8 Å². The molecule has 2 heterocycles. The molecule has 0 amide bonds. The van der Waals surface area contributed by atoms with Crippen molar-refractivity contribution in [1.29, 1.82) is 0 Å². The van der Waals surface area contributed by atoms with Crippen molar-refractivity contribution in [2.24, 2.45) is 0 Å². The zero-order valence-corrected chi connectivity index (χ0v) is 19.6. The van der Waals surface area contributed by atoms with Crippen molar-refractivity contribution in [1.82, 2.24) is 14.6 Å². The molecule has 1 aromatic carbocycles. The van der Waals surface area contributed by atoms with Crippen LogP contribution in [0.25, 0.3) is 0 Å². The average molecular weight is 498 g/mol. The monoisotopic (exact) mass is 498 g/mol. The van der Waals surface area contributed by atoms with E-state index in [2.05, 4.69) is 14.8 Å². The minimum absolute atomic E-state index is 0.0210. The zero-order chi connectivity index (χ0) is 25.0. The lowest BCUT2D eigenvalue weighted by molar-refractivity contribution is -0.142. The second kappa shape index (κ2) is 10.6. The standard InChI is InChI=1S/C20H27N4O9P/c1-11(19(27)30-3)23-34(29,33-13-7-5-4-6-8-13)32-12(2)17-15(25)16(26)18(31-17)24-10-9-14(21)22-20(24)28/h4-12,15-18,25-26H,1-3H3,(H,23,29)(H2,21,22,28)/t11?,12?,15?,16?,17-,18-,34?/m1/s1. The number of aliphatic hydroxyl groups is 2. The maximum absolute atomic E-state index is 13.6. The van der Waals surface area contributed by atoms with Gasteiger partial charge >= 0.3 is 19.4 Å². The summed E-state index contributed by atoms with van der Waals surface area (Å²) in [5.74, 6) is -0.545. The Morgan fingerprint density at radius 2 is 1.91 bits per heavy atom. The summed E-state index contributed by atoms with van der Waals surface area (Å²) < 4.78 is 36.0. The van der Waals surface area contributed by atoms with Gasteiger partial charge in [-0.25, -0.2) is 9.36 Å². The quantitative estimate of drug-likeness (QED) is 0.272. The molecule has 1 saturated heterocycles. The summed E-state index contributed by atoms with van der Waals surface area (Å²) in [7, 11) is -3.08. The molecule has 0 spiro atoms. The molecule has 34 heavy (non-hydrogen) atoms. The Morgan fingerprint density at radius 3 is 2.53 bits per heavy atom. The van der Waals surface area contributed by atoms with E-state index in [0.717, 1.165) is 4.57 Å². The van der Waals surface area contributed by atoms with Crippen LogP contribution in [0.2, 0.25) is 0 Å². The van der Waals surface area contributed by atoms with Gasteiger partial charge in [0.05, 0.1) is 13.2 Å². The second-order valence-electron chi connectivity index (χ2n) is 7.60. The van der Waals surface area contributed by atoms with Crippen LogP contribution in [0.3, 0.4) is 0 Å². The third-order valence-corrected chi connectivity index (χ3v) is 6.81. The number of nitrogens with one attached hydrogen (secondary N) is 1. The Balaban J connectivity index is 1.82. The maximum atomic E-state index is 13.6. The lowest BCUT2D eigenvalue weighted by Gasteiger charge is -2.28. The molecule has 14 heteroatoms. The van der Waals surface area contributed by atoms with Gasteiger partial charge in [0.2, 0.25) is 0 Å². The van der Waals surface area contributed by atoms with Crippen LogP contribution in [-0.2, 0) is 23.4 Å². The number of esters is 1. The normalized spacial score (nSPS) is 25.8. The minimum Gasteiger partial charge on any atom is -0.468 e. The van der Waals surface area contributed by atoms with Gasteiger partial charge < -0.3 is 29.9 Å². The molecule has 0 saturated carbocycles. The number of hydrogen-bond donors (Lipinski definition) is 4. The van der Waals surface area contributed by atoms with Gasteiger partial charge in [0.15, 0.2) is 6.23 Å². The zero-order valence-electron chi connectivity index (χ0n) is 18.7. The Morgan fingerprint density at radius 1 is 1.24 bits per heavy atom. The van der Waals surface area contributed by atoms with E-state index in [1.807, 2.05) is 0 Å². The fraction of sp³-hybridized carbons (Fsp3) is 0.450. The molecule has 1 fully saturated rings. The van der Waals surface area contributed by atoms with E-state index < -0.39 is 56.1 Å². The van der Waals surface area contributed by atoms with Gasteiger partial charge in [0.25, 0.3) is 0 Å². The number of rotatable bonds is 9. The summed E-state index contributed by atoms with van der Waals surface area (Å²) >= 11 is 0. The number of ether oxygens (including phenoxy) is 2. The maximum Gasteiger partial charge on any atom is 0.459 e. The number of anilines is 1. The summed E-state index contributed by atoms with van der Waals surface area (Å²) in [6, 6.07) is 8.35. The Hall–Kier alpha value is -2.80. The molecule has 1 aromatic heterocycles. The molecule has 0 radical (unpaired) electrons. The van der Waals surface area contributed by atoms with Crippen LogP contribution in [0, 0.1) is 0 Å².